The zero-order valence-corrected chi connectivity index (χ0v) is 16.7. The van der Waals surface area contributed by atoms with Gasteiger partial charge in [-0.15, -0.1) is 0 Å². The fraction of sp³-hybridized carbons (Fsp3) is 0.120. The molecule has 0 unspecified atom stereocenters. The van der Waals surface area contributed by atoms with Crippen LogP contribution in [0.5, 0.6) is 5.75 Å². The molecule has 0 saturated carbocycles. The van der Waals surface area contributed by atoms with Crippen LogP contribution in [0, 0.1) is 12.7 Å². The van der Waals surface area contributed by atoms with Crippen molar-refractivity contribution in [1.82, 2.24) is 4.57 Å². The van der Waals surface area contributed by atoms with Crippen molar-refractivity contribution in [3.05, 3.63) is 111 Å². The van der Waals surface area contributed by atoms with E-state index in [2.05, 4.69) is 0 Å². The number of methoxy groups -OCH3 is 1. The van der Waals surface area contributed by atoms with Crippen LogP contribution in [0.3, 0.4) is 0 Å². The Hall–Kier alpha value is -3.73. The normalized spacial score (nSPS) is 10.9. The van der Waals surface area contributed by atoms with Crippen molar-refractivity contribution in [2.24, 2.45) is 0 Å². The minimum Gasteiger partial charge on any atom is -0.497 e. The number of carbonyl (C=O) groups is 1. The maximum absolute atomic E-state index is 13.3. The summed E-state index contributed by atoms with van der Waals surface area (Å²) in [4.78, 5) is 26.3. The van der Waals surface area contributed by atoms with Gasteiger partial charge < -0.3 is 9.30 Å². The third-order valence-corrected chi connectivity index (χ3v) is 5.11. The molecule has 3 aromatic carbocycles. The predicted molar refractivity (Wildman–Crippen MR) is 115 cm³/mol. The molecule has 0 spiro atoms. The van der Waals surface area contributed by atoms with Gasteiger partial charge in [-0.25, -0.2) is 4.39 Å². The number of benzene rings is 3. The van der Waals surface area contributed by atoms with Gasteiger partial charge in [0, 0.05) is 18.3 Å². The van der Waals surface area contributed by atoms with E-state index in [1.165, 1.54) is 19.2 Å². The number of hydrogen-bond acceptors (Lipinski definition) is 3. The monoisotopic (exact) mass is 401 g/mol. The zero-order chi connectivity index (χ0) is 21.3. The minimum absolute atomic E-state index is 0.0849. The van der Waals surface area contributed by atoms with Crippen LogP contribution in [-0.2, 0) is 6.54 Å². The molecule has 0 fully saturated rings. The second kappa shape index (κ2) is 7.95. The standard InChI is InChI=1S/C25H20FNO3/c1-16-3-7-18(8-4-16)24(28)22-15-27(14-17-5-9-19(26)10-6-17)23-12-11-20(30-2)13-21(23)25(22)29/h3-13,15H,14H2,1-2H3. The molecule has 4 nitrogen and oxygen atoms in total. The van der Waals surface area contributed by atoms with Crippen molar-refractivity contribution in [3.63, 3.8) is 0 Å². The van der Waals surface area contributed by atoms with Crippen molar-refractivity contribution in [1.29, 1.82) is 0 Å². The van der Waals surface area contributed by atoms with E-state index in [0.717, 1.165) is 11.1 Å². The van der Waals surface area contributed by atoms with Crippen LogP contribution < -0.4 is 10.2 Å². The SMILES string of the molecule is COc1ccc2c(c1)c(=O)c(C(=O)c1ccc(C)cc1)cn2Cc1ccc(F)cc1. The summed E-state index contributed by atoms with van der Waals surface area (Å²) in [6.45, 7) is 2.32. The summed E-state index contributed by atoms with van der Waals surface area (Å²) in [7, 11) is 1.53. The number of aromatic nitrogens is 1. The number of hydrogen-bond donors (Lipinski definition) is 0. The average molecular weight is 401 g/mol. The van der Waals surface area contributed by atoms with Gasteiger partial charge in [-0.05, 0) is 42.8 Å². The van der Waals surface area contributed by atoms with Gasteiger partial charge in [0.25, 0.3) is 0 Å². The van der Waals surface area contributed by atoms with Crippen LogP contribution in [0.4, 0.5) is 4.39 Å². The molecule has 0 aliphatic heterocycles. The molecular formula is C25H20FNO3. The molecule has 4 aromatic rings. The van der Waals surface area contributed by atoms with Crippen molar-refractivity contribution in [2.45, 2.75) is 13.5 Å². The molecule has 0 amide bonds. The fourth-order valence-electron chi connectivity index (χ4n) is 3.44. The first kappa shape index (κ1) is 19.6. The molecule has 0 aliphatic rings. The number of halogens is 1. The molecule has 0 aliphatic carbocycles. The van der Waals surface area contributed by atoms with E-state index in [0.29, 0.717) is 28.8 Å². The average Bonchev–Trinajstić information content (AvgIpc) is 2.77. The smallest absolute Gasteiger partial charge is 0.200 e. The van der Waals surface area contributed by atoms with E-state index in [-0.39, 0.29) is 22.6 Å². The predicted octanol–water partition coefficient (Wildman–Crippen LogP) is 4.74. The number of ketones is 1. The van der Waals surface area contributed by atoms with Crippen molar-refractivity contribution >= 4 is 16.7 Å². The maximum Gasteiger partial charge on any atom is 0.200 e. The van der Waals surface area contributed by atoms with E-state index in [1.54, 1.807) is 48.7 Å². The summed E-state index contributed by atoms with van der Waals surface area (Å²) in [5.74, 6) is -0.117. The maximum atomic E-state index is 13.3. The Morgan fingerprint density at radius 3 is 2.37 bits per heavy atom. The zero-order valence-electron chi connectivity index (χ0n) is 16.7. The highest BCUT2D eigenvalue weighted by Crippen LogP contribution is 2.21. The Morgan fingerprint density at radius 2 is 1.70 bits per heavy atom. The Morgan fingerprint density at radius 1 is 1.00 bits per heavy atom. The van der Waals surface area contributed by atoms with Crippen LogP contribution >= 0.6 is 0 Å². The van der Waals surface area contributed by atoms with Crippen LogP contribution in [-0.4, -0.2) is 17.5 Å². The summed E-state index contributed by atoms with van der Waals surface area (Å²) in [5.41, 5.74) is 2.75. The number of rotatable bonds is 5. The van der Waals surface area contributed by atoms with Gasteiger partial charge in [-0.1, -0.05) is 42.0 Å². The van der Waals surface area contributed by atoms with Gasteiger partial charge >= 0.3 is 0 Å². The Labute approximate surface area is 173 Å². The lowest BCUT2D eigenvalue weighted by Gasteiger charge is -2.14. The molecule has 0 bridgehead atoms. The fourth-order valence-corrected chi connectivity index (χ4v) is 3.44. The first-order chi connectivity index (χ1) is 14.5. The number of carbonyl (C=O) groups excluding carboxylic acids is 1. The summed E-state index contributed by atoms with van der Waals surface area (Å²) in [5, 5.41) is 0.398. The lowest BCUT2D eigenvalue weighted by atomic mass is 10.0. The van der Waals surface area contributed by atoms with Crippen molar-refractivity contribution in [2.75, 3.05) is 7.11 Å². The van der Waals surface area contributed by atoms with Gasteiger partial charge in [0.1, 0.15) is 11.6 Å². The van der Waals surface area contributed by atoms with Crippen LogP contribution in [0.1, 0.15) is 27.0 Å². The summed E-state index contributed by atoms with van der Waals surface area (Å²) in [6, 6.07) is 18.5. The van der Waals surface area contributed by atoms with E-state index >= 15 is 0 Å². The first-order valence-electron chi connectivity index (χ1n) is 9.53. The number of aryl methyl sites for hydroxylation is 1. The topological polar surface area (TPSA) is 48.3 Å². The third kappa shape index (κ3) is 3.74. The summed E-state index contributed by atoms with van der Waals surface area (Å²) in [6.07, 6.45) is 1.59. The molecule has 1 aromatic heterocycles. The van der Waals surface area contributed by atoms with E-state index in [9.17, 15) is 14.0 Å². The molecule has 0 saturated heterocycles. The molecule has 0 radical (unpaired) electrons. The van der Waals surface area contributed by atoms with Gasteiger partial charge in [0.15, 0.2) is 5.78 Å². The highest BCUT2D eigenvalue weighted by Gasteiger charge is 2.18. The van der Waals surface area contributed by atoms with E-state index < -0.39 is 0 Å². The van der Waals surface area contributed by atoms with Gasteiger partial charge in [-0.3, -0.25) is 9.59 Å². The number of pyridine rings is 1. The molecule has 30 heavy (non-hydrogen) atoms. The van der Waals surface area contributed by atoms with Crippen molar-refractivity contribution < 1.29 is 13.9 Å². The molecule has 0 N–H and O–H groups in total. The Kier molecular flexibility index (Phi) is 5.19. The largest absolute Gasteiger partial charge is 0.497 e. The van der Waals surface area contributed by atoms with Crippen LogP contribution in [0.25, 0.3) is 10.9 Å². The van der Waals surface area contributed by atoms with Crippen LogP contribution in [0.15, 0.2) is 77.7 Å². The van der Waals surface area contributed by atoms with Gasteiger partial charge in [0.2, 0.25) is 5.43 Å². The van der Waals surface area contributed by atoms with Crippen LogP contribution in [0.2, 0.25) is 0 Å². The summed E-state index contributed by atoms with van der Waals surface area (Å²) >= 11 is 0. The van der Waals surface area contributed by atoms with Crippen molar-refractivity contribution in [3.8, 4) is 5.75 Å². The molecule has 150 valence electrons. The third-order valence-electron chi connectivity index (χ3n) is 5.11. The number of fused-ring (bicyclic) bond motifs is 1. The molecule has 1 heterocycles. The lowest BCUT2D eigenvalue weighted by Crippen LogP contribution is -2.20. The van der Waals surface area contributed by atoms with E-state index in [4.69, 9.17) is 4.74 Å². The lowest BCUT2D eigenvalue weighted by molar-refractivity contribution is 0.103. The summed E-state index contributed by atoms with van der Waals surface area (Å²) < 4.78 is 20.4. The van der Waals surface area contributed by atoms with Gasteiger partial charge in [-0.2, -0.15) is 0 Å². The second-order valence-corrected chi connectivity index (χ2v) is 7.20. The second-order valence-electron chi connectivity index (χ2n) is 7.20. The molecule has 4 rings (SSSR count). The number of nitrogens with zero attached hydrogens (tertiary/aromatic N) is 1. The Bertz CT molecular complexity index is 1290. The van der Waals surface area contributed by atoms with Gasteiger partial charge in [0.05, 0.1) is 23.6 Å². The molecule has 0 atom stereocenters. The highest BCUT2D eigenvalue weighted by atomic mass is 19.1. The first-order valence-corrected chi connectivity index (χ1v) is 9.53. The van der Waals surface area contributed by atoms with E-state index in [1.807, 2.05) is 23.6 Å². The quantitative estimate of drug-likeness (QED) is 0.454. The Balaban J connectivity index is 1.90. The molecule has 5 heteroatoms. The minimum atomic E-state index is -0.343. The molecular weight excluding hydrogens is 381 g/mol. The highest BCUT2D eigenvalue weighted by molar-refractivity contribution is 6.10. The number of ether oxygens (including phenoxy) is 1.